The van der Waals surface area contributed by atoms with Crippen molar-refractivity contribution in [1.82, 2.24) is 20.3 Å². The fraction of sp³-hybridized carbons (Fsp3) is 0.214. The summed E-state index contributed by atoms with van der Waals surface area (Å²) in [5, 5.41) is 6.48. The van der Waals surface area contributed by atoms with E-state index < -0.39 is 0 Å². The molecule has 0 aliphatic heterocycles. The molecule has 0 radical (unpaired) electrons. The van der Waals surface area contributed by atoms with E-state index in [-0.39, 0.29) is 6.04 Å². The zero-order chi connectivity index (χ0) is 13.1. The lowest BCUT2D eigenvalue weighted by Gasteiger charge is -2.16. The maximum Gasteiger partial charge on any atom is 0.0943 e. The summed E-state index contributed by atoms with van der Waals surface area (Å²) in [6.07, 6.45) is 6.17. The summed E-state index contributed by atoms with van der Waals surface area (Å²) in [5.41, 5.74) is 3.06. The van der Waals surface area contributed by atoms with Gasteiger partial charge in [-0.2, -0.15) is 0 Å². The number of benzene rings is 1. The molecule has 2 heterocycles. The van der Waals surface area contributed by atoms with Gasteiger partial charge in [0.25, 0.3) is 0 Å². The van der Waals surface area contributed by atoms with E-state index in [1.165, 1.54) is 5.56 Å². The predicted molar refractivity (Wildman–Crippen MR) is 77.2 cm³/mol. The van der Waals surface area contributed by atoms with E-state index in [2.05, 4.69) is 26.3 Å². The molecule has 19 heavy (non-hydrogen) atoms. The Morgan fingerprint density at radius 3 is 2.84 bits per heavy atom. The first-order chi connectivity index (χ1) is 9.38. The van der Waals surface area contributed by atoms with E-state index in [0.29, 0.717) is 0 Å². The molecule has 96 valence electrons. The van der Waals surface area contributed by atoms with Crippen LogP contribution in [0.1, 0.15) is 16.6 Å². The Balaban J connectivity index is 2.01. The minimum atomic E-state index is 0.201. The minimum absolute atomic E-state index is 0.201. The van der Waals surface area contributed by atoms with Gasteiger partial charge in [-0.05, 0) is 18.7 Å². The highest BCUT2D eigenvalue weighted by Crippen LogP contribution is 2.24. The summed E-state index contributed by atoms with van der Waals surface area (Å²) in [7, 11) is 1.97. The van der Waals surface area contributed by atoms with Crippen LogP contribution >= 0.6 is 11.3 Å². The van der Waals surface area contributed by atoms with E-state index in [0.717, 1.165) is 22.5 Å². The van der Waals surface area contributed by atoms with Gasteiger partial charge < -0.3 is 5.32 Å². The number of thiazole rings is 1. The molecular weight excluding hydrogens is 256 g/mol. The number of fused-ring (bicyclic) bond motifs is 1. The SMILES string of the molecule is CNC(Cc1nccs1)c1cccc2nccnc12. The van der Waals surface area contributed by atoms with Gasteiger partial charge in [0.1, 0.15) is 0 Å². The van der Waals surface area contributed by atoms with E-state index in [9.17, 15) is 0 Å². The largest absolute Gasteiger partial charge is 0.313 e. The molecule has 0 saturated carbocycles. The Morgan fingerprint density at radius 1 is 1.16 bits per heavy atom. The minimum Gasteiger partial charge on any atom is -0.313 e. The zero-order valence-corrected chi connectivity index (χ0v) is 11.4. The number of likely N-dealkylation sites (N-methyl/N-ethyl adjacent to an activating group) is 1. The summed E-state index contributed by atoms with van der Waals surface area (Å²) < 4.78 is 0. The second-order valence-electron chi connectivity index (χ2n) is 4.24. The lowest BCUT2D eigenvalue weighted by Crippen LogP contribution is -2.19. The summed E-state index contributed by atoms with van der Waals surface area (Å²) in [6.45, 7) is 0. The number of aromatic nitrogens is 3. The molecule has 0 aliphatic rings. The van der Waals surface area contributed by atoms with E-state index in [1.807, 2.05) is 30.8 Å². The maximum absolute atomic E-state index is 4.46. The third-order valence-corrected chi connectivity index (χ3v) is 3.92. The molecule has 3 aromatic rings. The Hall–Kier alpha value is -1.85. The Bertz CT molecular complexity index is 661. The summed E-state index contributed by atoms with van der Waals surface area (Å²) >= 11 is 1.68. The van der Waals surface area contributed by atoms with Crippen LogP contribution in [0.25, 0.3) is 11.0 Å². The van der Waals surface area contributed by atoms with E-state index in [4.69, 9.17) is 0 Å². The fourth-order valence-electron chi connectivity index (χ4n) is 2.19. The van der Waals surface area contributed by atoms with Crippen molar-refractivity contribution < 1.29 is 0 Å². The molecule has 1 atom stereocenters. The van der Waals surface area contributed by atoms with Gasteiger partial charge in [0.05, 0.1) is 16.0 Å². The standard InChI is InChI=1S/C14H14N4S/c1-15-12(9-13-17-7-8-19-13)10-3-2-4-11-14(10)18-6-5-16-11/h2-8,12,15H,9H2,1H3. The Labute approximate surface area is 115 Å². The van der Waals surface area contributed by atoms with Gasteiger partial charge in [-0.3, -0.25) is 9.97 Å². The fourth-order valence-corrected chi connectivity index (χ4v) is 2.86. The molecule has 2 aromatic heterocycles. The Morgan fingerprint density at radius 2 is 2.05 bits per heavy atom. The number of nitrogens with zero attached hydrogens (tertiary/aromatic N) is 3. The molecule has 0 saturated heterocycles. The van der Waals surface area contributed by atoms with Crippen LogP contribution in [-0.2, 0) is 6.42 Å². The summed E-state index contributed by atoms with van der Waals surface area (Å²) in [6, 6.07) is 6.32. The van der Waals surface area contributed by atoms with Crippen molar-refractivity contribution in [2.24, 2.45) is 0 Å². The van der Waals surface area contributed by atoms with Crippen LogP contribution < -0.4 is 5.32 Å². The molecule has 0 aliphatic carbocycles. The molecule has 5 heteroatoms. The lowest BCUT2D eigenvalue weighted by molar-refractivity contribution is 0.593. The molecular formula is C14H14N4S. The number of hydrogen-bond donors (Lipinski definition) is 1. The van der Waals surface area contributed by atoms with Crippen LogP contribution in [0.4, 0.5) is 0 Å². The van der Waals surface area contributed by atoms with Crippen molar-refractivity contribution in [3.8, 4) is 0 Å². The monoisotopic (exact) mass is 270 g/mol. The van der Waals surface area contributed by atoms with Crippen molar-refractivity contribution in [1.29, 1.82) is 0 Å². The zero-order valence-electron chi connectivity index (χ0n) is 10.6. The third kappa shape index (κ3) is 2.47. The smallest absolute Gasteiger partial charge is 0.0943 e. The normalized spacial score (nSPS) is 12.7. The number of hydrogen-bond acceptors (Lipinski definition) is 5. The van der Waals surface area contributed by atoms with Crippen molar-refractivity contribution >= 4 is 22.4 Å². The predicted octanol–water partition coefficient (Wildman–Crippen LogP) is 2.59. The highest BCUT2D eigenvalue weighted by atomic mass is 32.1. The van der Waals surface area contributed by atoms with Crippen LogP contribution in [0.2, 0.25) is 0 Å². The summed E-state index contributed by atoms with van der Waals surface area (Å²) in [4.78, 5) is 13.2. The molecule has 1 N–H and O–H groups in total. The molecule has 0 spiro atoms. The highest BCUT2D eigenvalue weighted by molar-refractivity contribution is 7.09. The van der Waals surface area contributed by atoms with Crippen LogP contribution in [0.15, 0.2) is 42.2 Å². The van der Waals surface area contributed by atoms with Gasteiger partial charge in [-0.1, -0.05) is 12.1 Å². The van der Waals surface area contributed by atoms with Crippen LogP contribution in [0, 0.1) is 0 Å². The van der Waals surface area contributed by atoms with Gasteiger partial charge in [0, 0.05) is 36.4 Å². The third-order valence-electron chi connectivity index (χ3n) is 3.12. The average molecular weight is 270 g/mol. The first kappa shape index (κ1) is 12.2. The second kappa shape index (κ2) is 5.42. The number of nitrogens with one attached hydrogen (secondary N) is 1. The van der Waals surface area contributed by atoms with Gasteiger partial charge in [-0.15, -0.1) is 11.3 Å². The average Bonchev–Trinajstić information content (AvgIpc) is 2.97. The van der Waals surface area contributed by atoms with Gasteiger partial charge >= 0.3 is 0 Å². The van der Waals surface area contributed by atoms with Crippen molar-refractivity contribution in [3.63, 3.8) is 0 Å². The van der Waals surface area contributed by atoms with Crippen LogP contribution in [0.3, 0.4) is 0 Å². The highest BCUT2D eigenvalue weighted by Gasteiger charge is 2.15. The molecule has 4 nitrogen and oxygen atoms in total. The quantitative estimate of drug-likeness (QED) is 0.791. The second-order valence-corrected chi connectivity index (χ2v) is 5.22. The molecule has 1 unspecified atom stereocenters. The molecule has 0 bridgehead atoms. The van der Waals surface area contributed by atoms with Gasteiger partial charge in [-0.25, -0.2) is 4.98 Å². The maximum atomic E-state index is 4.46. The molecule has 0 fully saturated rings. The number of para-hydroxylation sites is 1. The van der Waals surface area contributed by atoms with E-state index >= 15 is 0 Å². The van der Waals surface area contributed by atoms with Gasteiger partial charge in [0.2, 0.25) is 0 Å². The number of rotatable bonds is 4. The van der Waals surface area contributed by atoms with Crippen molar-refractivity contribution in [3.05, 3.63) is 52.7 Å². The van der Waals surface area contributed by atoms with Crippen LogP contribution in [-0.4, -0.2) is 22.0 Å². The Kier molecular flexibility index (Phi) is 3.48. The lowest BCUT2D eigenvalue weighted by atomic mass is 10.0. The molecule has 1 aromatic carbocycles. The topological polar surface area (TPSA) is 50.7 Å². The molecule has 3 rings (SSSR count). The molecule has 0 amide bonds. The van der Waals surface area contributed by atoms with Gasteiger partial charge in [0.15, 0.2) is 0 Å². The van der Waals surface area contributed by atoms with Crippen LogP contribution in [0.5, 0.6) is 0 Å². The first-order valence-corrected chi connectivity index (χ1v) is 7.01. The van der Waals surface area contributed by atoms with E-state index in [1.54, 1.807) is 23.7 Å². The summed E-state index contributed by atoms with van der Waals surface area (Å²) in [5.74, 6) is 0. The van der Waals surface area contributed by atoms with Crippen molar-refractivity contribution in [2.75, 3.05) is 7.05 Å². The first-order valence-electron chi connectivity index (χ1n) is 6.14. The van der Waals surface area contributed by atoms with Crippen molar-refractivity contribution in [2.45, 2.75) is 12.5 Å².